The number of nitrogens with zero attached hydrogens (tertiary/aromatic N) is 2. The van der Waals surface area contributed by atoms with Crippen molar-refractivity contribution < 1.29 is 17.9 Å². The first kappa shape index (κ1) is 17.1. The SMILES string of the molecule is CCn1nc(-c2cccc(C)c2)cc1Oc1ccc(C(F)(F)F)cc1. The lowest BCUT2D eigenvalue weighted by atomic mass is 10.1. The van der Waals surface area contributed by atoms with Gasteiger partial charge in [-0.05, 0) is 44.2 Å². The van der Waals surface area contributed by atoms with Crippen LogP contribution in [0.4, 0.5) is 13.2 Å². The molecule has 3 rings (SSSR count). The quantitative estimate of drug-likeness (QED) is 0.607. The van der Waals surface area contributed by atoms with Gasteiger partial charge in [0.25, 0.3) is 0 Å². The highest BCUT2D eigenvalue weighted by molar-refractivity contribution is 5.61. The van der Waals surface area contributed by atoms with E-state index in [-0.39, 0.29) is 0 Å². The smallest absolute Gasteiger partial charge is 0.416 e. The van der Waals surface area contributed by atoms with Gasteiger partial charge in [-0.25, -0.2) is 4.68 Å². The van der Waals surface area contributed by atoms with Gasteiger partial charge in [-0.15, -0.1) is 0 Å². The first-order valence-corrected chi connectivity index (χ1v) is 7.87. The highest BCUT2D eigenvalue weighted by atomic mass is 19.4. The van der Waals surface area contributed by atoms with E-state index in [9.17, 15) is 13.2 Å². The van der Waals surface area contributed by atoms with Crippen molar-refractivity contribution in [1.82, 2.24) is 9.78 Å². The molecule has 3 nitrogen and oxygen atoms in total. The van der Waals surface area contributed by atoms with Crippen molar-refractivity contribution in [1.29, 1.82) is 0 Å². The summed E-state index contributed by atoms with van der Waals surface area (Å²) in [4.78, 5) is 0. The van der Waals surface area contributed by atoms with Crippen LogP contribution in [0.15, 0.2) is 54.6 Å². The van der Waals surface area contributed by atoms with Gasteiger partial charge >= 0.3 is 6.18 Å². The second-order valence-corrected chi connectivity index (χ2v) is 5.68. The van der Waals surface area contributed by atoms with E-state index in [1.165, 1.54) is 12.1 Å². The summed E-state index contributed by atoms with van der Waals surface area (Å²) in [5, 5.41) is 4.50. The van der Waals surface area contributed by atoms with Gasteiger partial charge in [0, 0.05) is 18.2 Å². The standard InChI is InChI=1S/C19H17F3N2O/c1-3-24-18(12-17(23-24)14-6-4-5-13(2)11-14)25-16-9-7-15(8-10-16)19(20,21)22/h4-12H,3H2,1-2H3. The van der Waals surface area contributed by atoms with Gasteiger partial charge in [0.2, 0.25) is 5.88 Å². The van der Waals surface area contributed by atoms with Crippen LogP contribution in [0.1, 0.15) is 18.1 Å². The van der Waals surface area contributed by atoms with Gasteiger partial charge < -0.3 is 4.74 Å². The zero-order chi connectivity index (χ0) is 18.0. The molecule has 0 N–H and O–H groups in total. The van der Waals surface area contributed by atoms with Crippen molar-refractivity contribution in [2.75, 3.05) is 0 Å². The van der Waals surface area contributed by atoms with Crippen LogP contribution >= 0.6 is 0 Å². The highest BCUT2D eigenvalue weighted by Crippen LogP contribution is 2.32. The van der Waals surface area contributed by atoms with Crippen LogP contribution in [-0.4, -0.2) is 9.78 Å². The molecule has 0 fully saturated rings. The number of halogens is 3. The number of alkyl halides is 3. The highest BCUT2D eigenvalue weighted by Gasteiger charge is 2.30. The van der Waals surface area contributed by atoms with E-state index in [0.717, 1.165) is 29.0 Å². The van der Waals surface area contributed by atoms with Gasteiger partial charge in [-0.2, -0.15) is 18.3 Å². The maximum Gasteiger partial charge on any atom is 0.416 e. The van der Waals surface area contributed by atoms with Crippen molar-refractivity contribution >= 4 is 0 Å². The zero-order valence-corrected chi connectivity index (χ0v) is 13.8. The predicted molar refractivity (Wildman–Crippen MR) is 89.6 cm³/mol. The molecule has 130 valence electrons. The molecule has 0 atom stereocenters. The first-order valence-electron chi connectivity index (χ1n) is 7.87. The average Bonchev–Trinajstić information content (AvgIpc) is 2.97. The summed E-state index contributed by atoms with van der Waals surface area (Å²) in [5.74, 6) is 0.817. The third kappa shape index (κ3) is 3.84. The minimum Gasteiger partial charge on any atom is -0.439 e. The molecule has 1 aromatic heterocycles. The summed E-state index contributed by atoms with van der Waals surface area (Å²) >= 11 is 0. The number of benzene rings is 2. The van der Waals surface area contributed by atoms with Crippen molar-refractivity contribution in [3.05, 3.63) is 65.7 Å². The van der Waals surface area contributed by atoms with Crippen LogP contribution in [0.2, 0.25) is 0 Å². The van der Waals surface area contributed by atoms with E-state index in [2.05, 4.69) is 5.10 Å². The molecule has 0 saturated heterocycles. The molecular weight excluding hydrogens is 329 g/mol. The van der Waals surface area contributed by atoms with Crippen molar-refractivity contribution in [2.45, 2.75) is 26.6 Å². The summed E-state index contributed by atoms with van der Waals surface area (Å²) < 4.78 is 45.3. The van der Waals surface area contributed by atoms with Crippen LogP contribution in [0.25, 0.3) is 11.3 Å². The molecule has 0 unspecified atom stereocenters. The fourth-order valence-corrected chi connectivity index (χ4v) is 2.49. The van der Waals surface area contributed by atoms with Crippen LogP contribution in [0.3, 0.4) is 0 Å². The summed E-state index contributed by atoms with van der Waals surface area (Å²) in [5.41, 5.74) is 2.13. The number of ether oxygens (including phenoxy) is 1. The summed E-state index contributed by atoms with van der Waals surface area (Å²) in [6.07, 6.45) is -4.36. The average molecular weight is 346 g/mol. The number of aromatic nitrogens is 2. The molecule has 0 aliphatic heterocycles. The number of rotatable bonds is 4. The minimum absolute atomic E-state index is 0.332. The van der Waals surface area contributed by atoms with Gasteiger partial charge in [-0.3, -0.25) is 0 Å². The molecule has 0 spiro atoms. The molecule has 1 heterocycles. The Hall–Kier alpha value is -2.76. The lowest BCUT2D eigenvalue weighted by molar-refractivity contribution is -0.137. The van der Waals surface area contributed by atoms with Crippen molar-refractivity contribution in [3.8, 4) is 22.9 Å². The van der Waals surface area contributed by atoms with Crippen LogP contribution in [0, 0.1) is 6.92 Å². The largest absolute Gasteiger partial charge is 0.439 e. The topological polar surface area (TPSA) is 27.1 Å². The van der Waals surface area contributed by atoms with E-state index >= 15 is 0 Å². The Morgan fingerprint density at radius 3 is 2.36 bits per heavy atom. The summed E-state index contributed by atoms with van der Waals surface area (Å²) in [6.45, 7) is 4.51. The Labute approximate surface area is 143 Å². The minimum atomic E-state index is -4.36. The van der Waals surface area contributed by atoms with E-state index in [4.69, 9.17) is 4.74 Å². The fourth-order valence-electron chi connectivity index (χ4n) is 2.49. The van der Waals surface area contributed by atoms with Crippen LogP contribution < -0.4 is 4.74 Å². The molecule has 0 radical (unpaired) electrons. The van der Waals surface area contributed by atoms with E-state index in [1.54, 1.807) is 10.7 Å². The molecule has 0 saturated carbocycles. The number of hydrogen-bond acceptors (Lipinski definition) is 2. The molecule has 2 aromatic carbocycles. The normalized spacial score (nSPS) is 11.6. The lowest BCUT2D eigenvalue weighted by Crippen LogP contribution is -2.04. The zero-order valence-electron chi connectivity index (χ0n) is 13.8. The Morgan fingerprint density at radius 2 is 1.76 bits per heavy atom. The molecule has 0 bridgehead atoms. The third-order valence-corrected chi connectivity index (χ3v) is 3.76. The molecule has 6 heteroatoms. The maximum atomic E-state index is 12.6. The Balaban J connectivity index is 1.87. The van der Waals surface area contributed by atoms with E-state index < -0.39 is 11.7 Å². The maximum absolute atomic E-state index is 12.6. The first-order chi connectivity index (χ1) is 11.9. The monoisotopic (exact) mass is 346 g/mol. The molecule has 0 aliphatic carbocycles. The Kier molecular flexibility index (Phi) is 4.53. The van der Waals surface area contributed by atoms with Crippen LogP contribution in [-0.2, 0) is 12.7 Å². The van der Waals surface area contributed by atoms with E-state index in [1.807, 2.05) is 38.1 Å². The third-order valence-electron chi connectivity index (χ3n) is 3.76. The van der Waals surface area contributed by atoms with Gasteiger partial charge in [0.05, 0.1) is 11.3 Å². The Bertz CT molecular complexity index is 867. The molecular formula is C19H17F3N2O. The Morgan fingerprint density at radius 1 is 1.04 bits per heavy atom. The number of hydrogen-bond donors (Lipinski definition) is 0. The summed E-state index contributed by atoms with van der Waals surface area (Å²) in [6, 6.07) is 14.3. The second-order valence-electron chi connectivity index (χ2n) is 5.68. The summed E-state index contributed by atoms with van der Waals surface area (Å²) in [7, 11) is 0. The molecule has 25 heavy (non-hydrogen) atoms. The van der Waals surface area contributed by atoms with Gasteiger partial charge in [-0.1, -0.05) is 23.8 Å². The number of aryl methyl sites for hydroxylation is 2. The molecule has 0 aliphatic rings. The van der Waals surface area contributed by atoms with Gasteiger partial charge in [0.15, 0.2) is 0 Å². The van der Waals surface area contributed by atoms with E-state index in [0.29, 0.717) is 18.2 Å². The van der Waals surface area contributed by atoms with Crippen molar-refractivity contribution in [3.63, 3.8) is 0 Å². The molecule has 3 aromatic rings. The molecule has 0 amide bonds. The predicted octanol–water partition coefficient (Wildman–Crippen LogP) is 5.69. The van der Waals surface area contributed by atoms with Crippen molar-refractivity contribution in [2.24, 2.45) is 0 Å². The second kappa shape index (κ2) is 6.63. The fraction of sp³-hybridized carbons (Fsp3) is 0.211. The van der Waals surface area contributed by atoms with Gasteiger partial charge in [0.1, 0.15) is 5.75 Å². The van der Waals surface area contributed by atoms with Crippen LogP contribution in [0.5, 0.6) is 11.6 Å². The lowest BCUT2D eigenvalue weighted by Gasteiger charge is -2.09.